The van der Waals surface area contributed by atoms with E-state index in [1.54, 1.807) is 14.0 Å². The van der Waals surface area contributed by atoms with Crippen LogP contribution < -0.4 is 15.4 Å². The molecule has 0 aliphatic rings. The molecule has 2 aromatic rings. The summed E-state index contributed by atoms with van der Waals surface area (Å²) >= 11 is 0. The third kappa shape index (κ3) is 6.73. The molecule has 0 aliphatic carbocycles. The normalized spacial score (nSPS) is 10.9. The summed E-state index contributed by atoms with van der Waals surface area (Å²) in [5, 5.41) is 10.2. The Bertz CT molecular complexity index is 645. The first-order valence-electron chi connectivity index (χ1n) is 7.65. The molecule has 0 saturated heterocycles. The van der Waals surface area contributed by atoms with Crippen molar-refractivity contribution in [1.82, 2.24) is 20.8 Å². The van der Waals surface area contributed by atoms with Gasteiger partial charge in [-0.3, -0.25) is 0 Å². The van der Waals surface area contributed by atoms with E-state index in [1.165, 1.54) is 0 Å². The number of benzene rings is 1. The standard InChI is InChI=1S/C16H23N5O2.HI/c1-4-17-16(18-9-8-15-20-12(2)21-23-15)19-11-13-6-5-7-14(10-13)22-3;/h5-7,10H,4,8-9,11H2,1-3H3,(H2,17,18,19);1H. The number of hydrogen-bond acceptors (Lipinski definition) is 5. The molecule has 132 valence electrons. The van der Waals surface area contributed by atoms with Gasteiger partial charge in [-0.1, -0.05) is 17.3 Å². The van der Waals surface area contributed by atoms with Gasteiger partial charge in [0.05, 0.1) is 13.7 Å². The molecule has 2 N–H and O–H groups in total. The number of aliphatic imine (C=N–C) groups is 1. The van der Waals surface area contributed by atoms with Crippen molar-refractivity contribution < 1.29 is 9.26 Å². The van der Waals surface area contributed by atoms with Gasteiger partial charge < -0.3 is 19.9 Å². The van der Waals surface area contributed by atoms with Gasteiger partial charge in [-0.15, -0.1) is 24.0 Å². The summed E-state index contributed by atoms with van der Waals surface area (Å²) in [6, 6.07) is 7.89. The lowest BCUT2D eigenvalue weighted by Crippen LogP contribution is -2.38. The minimum atomic E-state index is 0. The molecule has 0 saturated carbocycles. The molecule has 1 aromatic carbocycles. The summed E-state index contributed by atoms with van der Waals surface area (Å²) in [6.07, 6.45) is 0.657. The smallest absolute Gasteiger partial charge is 0.228 e. The van der Waals surface area contributed by atoms with Gasteiger partial charge in [0.2, 0.25) is 5.89 Å². The fourth-order valence-electron chi connectivity index (χ4n) is 2.01. The number of nitrogens with zero attached hydrogens (tertiary/aromatic N) is 3. The molecule has 0 radical (unpaired) electrons. The van der Waals surface area contributed by atoms with Gasteiger partial charge >= 0.3 is 0 Å². The van der Waals surface area contributed by atoms with Gasteiger partial charge in [0.1, 0.15) is 5.75 Å². The molecule has 0 spiro atoms. The highest BCUT2D eigenvalue weighted by atomic mass is 127. The van der Waals surface area contributed by atoms with Gasteiger partial charge in [0, 0.05) is 19.5 Å². The maximum atomic E-state index is 5.22. The third-order valence-corrected chi connectivity index (χ3v) is 3.10. The van der Waals surface area contributed by atoms with E-state index in [2.05, 4.69) is 25.8 Å². The molecule has 0 fully saturated rings. The third-order valence-electron chi connectivity index (χ3n) is 3.10. The average Bonchev–Trinajstić information content (AvgIpc) is 2.98. The van der Waals surface area contributed by atoms with Crippen molar-refractivity contribution in [1.29, 1.82) is 0 Å². The lowest BCUT2D eigenvalue weighted by Gasteiger charge is -2.10. The van der Waals surface area contributed by atoms with Crippen molar-refractivity contribution in [3.8, 4) is 5.75 Å². The zero-order valence-electron chi connectivity index (χ0n) is 14.2. The van der Waals surface area contributed by atoms with Crippen molar-refractivity contribution in [2.45, 2.75) is 26.8 Å². The van der Waals surface area contributed by atoms with Gasteiger partial charge in [-0.25, -0.2) is 4.99 Å². The number of halogens is 1. The van der Waals surface area contributed by atoms with Crippen LogP contribution >= 0.6 is 24.0 Å². The van der Waals surface area contributed by atoms with E-state index >= 15 is 0 Å². The van der Waals surface area contributed by atoms with Crippen molar-refractivity contribution >= 4 is 29.9 Å². The Labute approximate surface area is 159 Å². The van der Waals surface area contributed by atoms with E-state index in [-0.39, 0.29) is 24.0 Å². The van der Waals surface area contributed by atoms with Crippen molar-refractivity contribution in [3.05, 3.63) is 41.5 Å². The lowest BCUT2D eigenvalue weighted by atomic mass is 10.2. The predicted molar refractivity (Wildman–Crippen MR) is 104 cm³/mol. The number of rotatable bonds is 7. The fraction of sp³-hybridized carbons (Fsp3) is 0.438. The van der Waals surface area contributed by atoms with E-state index in [9.17, 15) is 0 Å². The number of aromatic nitrogens is 2. The number of nitrogens with one attached hydrogen (secondary N) is 2. The van der Waals surface area contributed by atoms with Gasteiger partial charge in [-0.05, 0) is 31.5 Å². The van der Waals surface area contributed by atoms with E-state index in [0.29, 0.717) is 31.2 Å². The van der Waals surface area contributed by atoms with E-state index < -0.39 is 0 Å². The highest BCUT2D eigenvalue weighted by Crippen LogP contribution is 2.13. The molecule has 8 heteroatoms. The van der Waals surface area contributed by atoms with Crippen molar-refractivity contribution in [2.75, 3.05) is 20.2 Å². The molecule has 0 aliphatic heterocycles. The van der Waals surface area contributed by atoms with Gasteiger partial charge in [-0.2, -0.15) is 4.98 Å². The molecule has 0 amide bonds. The molecule has 0 unspecified atom stereocenters. The summed E-state index contributed by atoms with van der Waals surface area (Å²) in [6.45, 7) is 5.88. The fourth-order valence-corrected chi connectivity index (χ4v) is 2.01. The maximum Gasteiger partial charge on any atom is 0.228 e. The molecule has 1 aromatic heterocycles. The van der Waals surface area contributed by atoms with Crippen molar-refractivity contribution in [2.24, 2.45) is 4.99 Å². The minimum absolute atomic E-state index is 0. The number of aryl methyl sites for hydroxylation is 1. The monoisotopic (exact) mass is 445 g/mol. The first-order chi connectivity index (χ1) is 11.2. The van der Waals surface area contributed by atoms with Gasteiger partial charge in [0.25, 0.3) is 0 Å². The van der Waals surface area contributed by atoms with Crippen LogP contribution in [-0.4, -0.2) is 36.3 Å². The van der Waals surface area contributed by atoms with Crippen LogP contribution in [-0.2, 0) is 13.0 Å². The lowest BCUT2D eigenvalue weighted by molar-refractivity contribution is 0.374. The zero-order valence-corrected chi connectivity index (χ0v) is 16.5. The number of guanidine groups is 1. The second-order valence-electron chi connectivity index (χ2n) is 4.96. The zero-order chi connectivity index (χ0) is 16.5. The Kier molecular flexibility index (Phi) is 9.13. The first kappa shape index (κ1) is 20.2. The van der Waals surface area contributed by atoms with Crippen LogP contribution in [0.4, 0.5) is 0 Å². The Morgan fingerprint density at radius 3 is 2.83 bits per heavy atom. The molecular weight excluding hydrogens is 421 g/mol. The molecule has 2 rings (SSSR count). The highest BCUT2D eigenvalue weighted by Gasteiger charge is 2.03. The Morgan fingerprint density at radius 1 is 1.33 bits per heavy atom. The summed E-state index contributed by atoms with van der Waals surface area (Å²) in [4.78, 5) is 8.74. The Morgan fingerprint density at radius 2 is 2.17 bits per heavy atom. The molecule has 7 nitrogen and oxygen atoms in total. The molecule has 1 heterocycles. The second-order valence-corrected chi connectivity index (χ2v) is 4.96. The van der Waals surface area contributed by atoms with E-state index in [0.717, 1.165) is 23.8 Å². The molecule has 0 bridgehead atoms. The maximum absolute atomic E-state index is 5.22. The predicted octanol–water partition coefficient (Wildman–Crippen LogP) is 2.30. The van der Waals surface area contributed by atoms with Crippen LogP contribution in [0.3, 0.4) is 0 Å². The van der Waals surface area contributed by atoms with Crippen LogP contribution in [0.5, 0.6) is 5.75 Å². The minimum Gasteiger partial charge on any atom is -0.497 e. The topological polar surface area (TPSA) is 84.6 Å². The average molecular weight is 445 g/mol. The second kappa shape index (κ2) is 10.8. The Hall–Kier alpha value is -1.84. The van der Waals surface area contributed by atoms with Crippen molar-refractivity contribution in [3.63, 3.8) is 0 Å². The van der Waals surface area contributed by atoms with E-state index in [1.807, 2.05) is 31.2 Å². The SMILES string of the molecule is CCNC(=NCc1cccc(OC)c1)NCCc1nc(C)no1.I. The van der Waals surface area contributed by atoms with Crippen LogP contribution in [0.15, 0.2) is 33.8 Å². The summed E-state index contributed by atoms with van der Waals surface area (Å²) in [5.74, 6) is 2.87. The van der Waals surface area contributed by atoms with Crippen LogP contribution in [0, 0.1) is 6.92 Å². The van der Waals surface area contributed by atoms with Crippen LogP contribution in [0.1, 0.15) is 24.2 Å². The molecule has 24 heavy (non-hydrogen) atoms. The van der Waals surface area contributed by atoms with Crippen LogP contribution in [0.2, 0.25) is 0 Å². The van der Waals surface area contributed by atoms with E-state index in [4.69, 9.17) is 9.26 Å². The Balaban J connectivity index is 0.00000288. The first-order valence-corrected chi connectivity index (χ1v) is 7.65. The largest absolute Gasteiger partial charge is 0.497 e. The summed E-state index contributed by atoms with van der Waals surface area (Å²) in [5.41, 5.74) is 1.09. The summed E-state index contributed by atoms with van der Waals surface area (Å²) < 4.78 is 10.3. The number of methoxy groups -OCH3 is 1. The van der Waals surface area contributed by atoms with Crippen LogP contribution in [0.25, 0.3) is 0 Å². The number of hydrogen-bond donors (Lipinski definition) is 2. The van der Waals surface area contributed by atoms with Gasteiger partial charge in [0.15, 0.2) is 11.8 Å². The molecular formula is C16H24IN5O2. The highest BCUT2D eigenvalue weighted by molar-refractivity contribution is 14.0. The summed E-state index contributed by atoms with van der Waals surface area (Å²) in [7, 11) is 1.66. The quantitative estimate of drug-likeness (QED) is 0.387. The molecule has 0 atom stereocenters. The number of ether oxygens (including phenoxy) is 1.